The van der Waals surface area contributed by atoms with Crippen molar-refractivity contribution >= 4 is 11.8 Å². The molecule has 25 heavy (non-hydrogen) atoms. The zero-order valence-corrected chi connectivity index (χ0v) is 14.0. The van der Waals surface area contributed by atoms with Crippen LogP contribution in [-0.2, 0) is 0 Å². The second-order valence-electron chi connectivity index (χ2n) is 6.54. The third-order valence-corrected chi connectivity index (χ3v) is 4.74. The number of ether oxygens (including phenoxy) is 1. The van der Waals surface area contributed by atoms with E-state index in [0.717, 1.165) is 24.0 Å². The second-order valence-corrected chi connectivity index (χ2v) is 6.54. The molecule has 2 amide bonds. The van der Waals surface area contributed by atoms with E-state index >= 15 is 0 Å². The monoisotopic (exact) mass is 336 g/mol. The molecule has 5 nitrogen and oxygen atoms in total. The van der Waals surface area contributed by atoms with Crippen LogP contribution in [-0.4, -0.2) is 31.5 Å². The molecule has 2 aliphatic rings. The normalized spacial score (nSPS) is 18.2. The van der Waals surface area contributed by atoms with Gasteiger partial charge in [-0.2, -0.15) is 0 Å². The van der Waals surface area contributed by atoms with Crippen molar-refractivity contribution in [1.29, 1.82) is 0 Å². The number of fused-ring (bicyclic) bond motifs is 1. The highest BCUT2D eigenvalue weighted by Gasteiger charge is 2.32. The molecule has 0 saturated heterocycles. The highest BCUT2D eigenvalue weighted by molar-refractivity contribution is 6.02. The van der Waals surface area contributed by atoms with E-state index in [0.29, 0.717) is 23.5 Å². The fourth-order valence-corrected chi connectivity index (χ4v) is 3.22. The minimum absolute atomic E-state index is 0.0216. The highest BCUT2D eigenvalue weighted by Crippen LogP contribution is 2.41. The van der Waals surface area contributed by atoms with Gasteiger partial charge in [-0.25, -0.2) is 0 Å². The number of hydrogen-bond donors (Lipinski definition) is 2. The predicted octanol–water partition coefficient (Wildman–Crippen LogP) is 2.46. The summed E-state index contributed by atoms with van der Waals surface area (Å²) in [6.07, 6.45) is 2.05. The first kappa shape index (κ1) is 15.7. The lowest BCUT2D eigenvalue weighted by molar-refractivity contribution is 0.0951. The second kappa shape index (κ2) is 6.24. The molecular weight excluding hydrogens is 316 g/mol. The molecule has 1 fully saturated rings. The van der Waals surface area contributed by atoms with E-state index in [9.17, 15) is 9.59 Å². The van der Waals surface area contributed by atoms with E-state index in [-0.39, 0.29) is 23.8 Å². The Morgan fingerprint density at radius 3 is 2.52 bits per heavy atom. The van der Waals surface area contributed by atoms with Gasteiger partial charge in [-0.3, -0.25) is 9.59 Å². The third kappa shape index (κ3) is 2.97. The van der Waals surface area contributed by atoms with Crippen LogP contribution >= 0.6 is 0 Å². The van der Waals surface area contributed by atoms with Crippen LogP contribution in [0.5, 0.6) is 5.75 Å². The van der Waals surface area contributed by atoms with Crippen LogP contribution in [0.15, 0.2) is 42.5 Å². The lowest BCUT2D eigenvalue weighted by atomic mass is 9.90. The minimum atomic E-state index is -0.244. The molecule has 2 N–H and O–H groups in total. The summed E-state index contributed by atoms with van der Waals surface area (Å²) in [6.45, 7) is 0.469. The van der Waals surface area contributed by atoms with Crippen LogP contribution in [0.3, 0.4) is 0 Å². The van der Waals surface area contributed by atoms with Crippen LogP contribution in [0.25, 0.3) is 0 Å². The zero-order chi connectivity index (χ0) is 17.4. The predicted molar refractivity (Wildman–Crippen MR) is 94.1 cm³/mol. The molecule has 4 rings (SSSR count). The molecule has 1 heterocycles. The van der Waals surface area contributed by atoms with E-state index in [1.807, 2.05) is 36.4 Å². The maximum atomic E-state index is 12.5. The first-order chi connectivity index (χ1) is 12.2. The summed E-state index contributed by atoms with van der Waals surface area (Å²) in [7, 11) is 1.58. The van der Waals surface area contributed by atoms with Crippen LogP contribution in [0, 0.1) is 0 Å². The smallest absolute Gasteiger partial charge is 0.254 e. The minimum Gasteiger partial charge on any atom is -0.491 e. The van der Waals surface area contributed by atoms with Crippen LogP contribution < -0.4 is 15.4 Å². The Labute approximate surface area is 146 Å². The molecule has 2 aromatic rings. The average molecular weight is 336 g/mol. The van der Waals surface area contributed by atoms with Gasteiger partial charge in [0.1, 0.15) is 5.75 Å². The molecule has 0 bridgehead atoms. The number of nitrogens with one attached hydrogen (secondary N) is 2. The van der Waals surface area contributed by atoms with Crippen molar-refractivity contribution in [3.63, 3.8) is 0 Å². The van der Waals surface area contributed by atoms with Gasteiger partial charge >= 0.3 is 0 Å². The number of amides is 2. The Bertz CT molecular complexity index is 828. The van der Waals surface area contributed by atoms with Crippen molar-refractivity contribution < 1.29 is 14.3 Å². The Kier molecular flexibility index (Phi) is 3.92. The van der Waals surface area contributed by atoms with Gasteiger partial charge in [0.15, 0.2) is 0 Å². The SMILES string of the molecule is CNC(=O)c1cc(C(=O)NC2CC2)cc2c1OC[C@H]2c1ccccc1. The van der Waals surface area contributed by atoms with Gasteiger partial charge in [0.05, 0.1) is 12.2 Å². The topological polar surface area (TPSA) is 67.4 Å². The largest absolute Gasteiger partial charge is 0.491 e. The lowest BCUT2D eigenvalue weighted by Gasteiger charge is -2.13. The van der Waals surface area contributed by atoms with Crippen molar-refractivity contribution in [3.8, 4) is 5.75 Å². The summed E-state index contributed by atoms with van der Waals surface area (Å²) in [5.74, 6) is 0.227. The molecular formula is C20H20N2O3. The van der Waals surface area contributed by atoms with Crippen molar-refractivity contribution in [3.05, 3.63) is 64.7 Å². The van der Waals surface area contributed by atoms with Gasteiger partial charge < -0.3 is 15.4 Å². The Morgan fingerprint density at radius 1 is 1.08 bits per heavy atom. The van der Waals surface area contributed by atoms with Crippen molar-refractivity contribution in [2.45, 2.75) is 24.8 Å². The number of hydrogen-bond acceptors (Lipinski definition) is 3. The maximum Gasteiger partial charge on any atom is 0.254 e. The Morgan fingerprint density at radius 2 is 1.84 bits per heavy atom. The first-order valence-corrected chi connectivity index (χ1v) is 8.56. The summed E-state index contributed by atoms with van der Waals surface area (Å²) in [5.41, 5.74) is 2.94. The fraction of sp³-hybridized carbons (Fsp3) is 0.300. The van der Waals surface area contributed by atoms with Crippen molar-refractivity contribution in [1.82, 2.24) is 10.6 Å². The number of rotatable bonds is 4. The number of benzene rings is 2. The average Bonchev–Trinajstić information content (AvgIpc) is 3.36. The Hall–Kier alpha value is -2.82. The van der Waals surface area contributed by atoms with Crippen LogP contribution in [0.4, 0.5) is 0 Å². The molecule has 0 spiro atoms. The molecule has 1 aliphatic heterocycles. The molecule has 0 radical (unpaired) electrons. The highest BCUT2D eigenvalue weighted by atomic mass is 16.5. The lowest BCUT2D eigenvalue weighted by Crippen LogP contribution is -2.26. The molecule has 1 aliphatic carbocycles. The quantitative estimate of drug-likeness (QED) is 0.901. The number of carbonyl (C=O) groups is 2. The van der Waals surface area contributed by atoms with Gasteiger partial charge in [-0.05, 0) is 30.5 Å². The van der Waals surface area contributed by atoms with Gasteiger partial charge in [0.2, 0.25) is 0 Å². The van der Waals surface area contributed by atoms with Crippen LogP contribution in [0.1, 0.15) is 50.6 Å². The molecule has 0 unspecified atom stereocenters. The standard InChI is InChI=1S/C20H20N2O3/c1-21-20(24)16-10-13(19(23)22-14-7-8-14)9-15-17(11-25-18(15)16)12-5-3-2-4-6-12/h2-6,9-10,14,17H,7-8,11H2,1H3,(H,21,24)(H,22,23)/t17-/m0/s1. The Balaban J connectivity index is 1.78. The number of carbonyl (C=O) groups excluding carboxylic acids is 2. The first-order valence-electron chi connectivity index (χ1n) is 8.56. The van der Waals surface area contributed by atoms with Crippen molar-refractivity contribution in [2.75, 3.05) is 13.7 Å². The van der Waals surface area contributed by atoms with E-state index < -0.39 is 0 Å². The van der Waals surface area contributed by atoms with E-state index in [1.54, 1.807) is 13.1 Å². The summed E-state index contributed by atoms with van der Waals surface area (Å²) >= 11 is 0. The molecule has 1 saturated carbocycles. The van der Waals surface area contributed by atoms with Gasteiger partial charge in [0.25, 0.3) is 11.8 Å². The summed E-state index contributed by atoms with van der Waals surface area (Å²) in [5, 5.41) is 5.62. The van der Waals surface area contributed by atoms with Crippen LogP contribution in [0.2, 0.25) is 0 Å². The molecule has 2 aromatic carbocycles. The molecule has 128 valence electrons. The van der Waals surface area contributed by atoms with E-state index in [2.05, 4.69) is 10.6 Å². The van der Waals surface area contributed by atoms with Gasteiger partial charge in [-0.15, -0.1) is 0 Å². The fourth-order valence-electron chi connectivity index (χ4n) is 3.22. The third-order valence-electron chi connectivity index (χ3n) is 4.74. The summed E-state index contributed by atoms with van der Waals surface area (Å²) in [6, 6.07) is 13.8. The van der Waals surface area contributed by atoms with Gasteiger partial charge in [0, 0.05) is 30.1 Å². The maximum absolute atomic E-state index is 12.5. The summed E-state index contributed by atoms with van der Waals surface area (Å²) in [4.78, 5) is 24.8. The van der Waals surface area contributed by atoms with Gasteiger partial charge in [-0.1, -0.05) is 30.3 Å². The summed E-state index contributed by atoms with van der Waals surface area (Å²) < 4.78 is 5.86. The molecule has 0 aromatic heterocycles. The molecule has 5 heteroatoms. The van der Waals surface area contributed by atoms with Crippen molar-refractivity contribution in [2.24, 2.45) is 0 Å². The zero-order valence-electron chi connectivity index (χ0n) is 14.0. The van der Waals surface area contributed by atoms with E-state index in [4.69, 9.17) is 4.74 Å². The molecule has 1 atom stereocenters. The van der Waals surface area contributed by atoms with E-state index in [1.165, 1.54) is 0 Å².